The largest absolute Gasteiger partial charge is 0.382 e. The Morgan fingerprint density at radius 1 is 1.25 bits per heavy atom. The molecule has 92 valence electrons. The van der Waals surface area contributed by atoms with Gasteiger partial charge in [0.2, 0.25) is 0 Å². The number of rotatable bonds is 7. The summed E-state index contributed by atoms with van der Waals surface area (Å²) in [5.41, 5.74) is 7.33. The van der Waals surface area contributed by atoms with Gasteiger partial charge in [-0.25, -0.2) is 0 Å². The van der Waals surface area contributed by atoms with Gasteiger partial charge < -0.3 is 5.73 Å². The van der Waals surface area contributed by atoms with Crippen LogP contribution >= 0.6 is 0 Å². The van der Waals surface area contributed by atoms with E-state index in [-0.39, 0.29) is 5.41 Å². The maximum absolute atomic E-state index is 5.93. The zero-order valence-electron chi connectivity index (χ0n) is 10.8. The SMILES string of the molecule is CCCCC(C)(CCCC)c1c[nH]nc1N. The molecule has 0 aliphatic heterocycles. The smallest absolute Gasteiger partial charge is 0.148 e. The van der Waals surface area contributed by atoms with Crippen LogP contribution in [0.4, 0.5) is 5.82 Å². The first-order valence-corrected chi connectivity index (χ1v) is 6.43. The first kappa shape index (κ1) is 13.1. The van der Waals surface area contributed by atoms with E-state index in [9.17, 15) is 0 Å². The van der Waals surface area contributed by atoms with E-state index in [2.05, 4.69) is 31.0 Å². The Morgan fingerprint density at radius 3 is 2.19 bits per heavy atom. The summed E-state index contributed by atoms with van der Waals surface area (Å²) in [6, 6.07) is 0. The van der Waals surface area contributed by atoms with E-state index in [0.29, 0.717) is 5.82 Å². The van der Waals surface area contributed by atoms with Crippen molar-refractivity contribution in [3.8, 4) is 0 Å². The van der Waals surface area contributed by atoms with Crippen LogP contribution in [0, 0.1) is 0 Å². The number of hydrogen-bond acceptors (Lipinski definition) is 2. The van der Waals surface area contributed by atoms with Crippen molar-refractivity contribution < 1.29 is 0 Å². The molecule has 0 saturated heterocycles. The summed E-state index contributed by atoms with van der Waals surface area (Å²) in [7, 11) is 0. The average Bonchev–Trinajstić information content (AvgIpc) is 2.71. The Balaban J connectivity index is 2.81. The monoisotopic (exact) mass is 223 g/mol. The lowest BCUT2D eigenvalue weighted by atomic mass is 9.75. The van der Waals surface area contributed by atoms with Gasteiger partial charge in [0.1, 0.15) is 5.82 Å². The Kier molecular flexibility index (Phi) is 4.84. The maximum Gasteiger partial charge on any atom is 0.148 e. The van der Waals surface area contributed by atoms with E-state index in [1.54, 1.807) is 0 Å². The van der Waals surface area contributed by atoms with Gasteiger partial charge in [0.15, 0.2) is 0 Å². The predicted octanol–water partition coefficient (Wildman–Crippen LogP) is 3.63. The van der Waals surface area contributed by atoms with Gasteiger partial charge in [-0.05, 0) is 18.3 Å². The molecule has 0 unspecified atom stereocenters. The van der Waals surface area contributed by atoms with Crippen LogP contribution < -0.4 is 5.73 Å². The zero-order valence-corrected chi connectivity index (χ0v) is 10.8. The van der Waals surface area contributed by atoms with Gasteiger partial charge in [-0.15, -0.1) is 0 Å². The number of H-pyrrole nitrogens is 1. The molecule has 1 rings (SSSR count). The summed E-state index contributed by atoms with van der Waals surface area (Å²) in [4.78, 5) is 0. The predicted molar refractivity (Wildman–Crippen MR) is 69.4 cm³/mol. The molecule has 0 radical (unpaired) electrons. The summed E-state index contributed by atoms with van der Waals surface area (Å²) in [5.74, 6) is 0.676. The Labute approximate surface area is 98.8 Å². The van der Waals surface area contributed by atoms with Crippen molar-refractivity contribution in [3.63, 3.8) is 0 Å². The number of nitrogen functional groups attached to an aromatic ring is 1. The van der Waals surface area contributed by atoms with Gasteiger partial charge in [-0.1, -0.05) is 46.5 Å². The molecule has 0 aliphatic carbocycles. The van der Waals surface area contributed by atoms with Crippen LogP contribution in [-0.4, -0.2) is 10.2 Å². The lowest BCUT2D eigenvalue weighted by molar-refractivity contribution is 0.376. The highest BCUT2D eigenvalue weighted by Gasteiger charge is 2.28. The number of nitrogens with two attached hydrogens (primary N) is 1. The molecule has 0 aliphatic rings. The van der Waals surface area contributed by atoms with Gasteiger partial charge in [-0.2, -0.15) is 5.10 Å². The Hall–Kier alpha value is -0.990. The number of anilines is 1. The second-order valence-electron chi connectivity index (χ2n) is 4.95. The van der Waals surface area contributed by atoms with E-state index >= 15 is 0 Å². The highest BCUT2D eigenvalue weighted by molar-refractivity contribution is 5.42. The molecule has 1 aromatic rings. The zero-order chi connectivity index (χ0) is 12.0. The molecule has 3 nitrogen and oxygen atoms in total. The lowest BCUT2D eigenvalue weighted by Crippen LogP contribution is -2.22. The third-order valence-electron chi connectivity index (χ3n) is 3.48. The molecule has 16 heavy (non-hydrogen) atoms. The van der Waals surface area contributed by atoms with E-state index in [4.69, 9.17) is 5.73 Å². The molecule has 0 spiro atoms. The van der Waals surface area contributed by atoms with Crippen molar-refractivity contribution in [3.05, 3.63) is 11.8 Å². The minimum Gasteiger partial charge on any atom is -0.382 e. The van der Waals surface area contributed by atoms with Crippen LogP contribution in [0.1, 0.15) is 64.9 Å². The third-order valence-corrected chi connectivity index (χ3v) is 3.48. The van der Waals surface area contributed by atoms with E-state index < -0.39 is 0 Å². The highest BCUT2D eigenvalue weighted by atomic mass is 15.1. The summed E-state index contributed by atoms with van der Waals surface area (Å²) >= 11 is 0. The van der Waals surface area contributed by atoms with E-state index in [0.717, 1.165) is 0 Å². The summed E-state index contributed by atoms with van der Waals surface area (Å²) < 4.78 is 0. The van der Waals surface area contributed by atoms with Crippen molar-refractivity contribution in [1.29, 1.82) is 0 Å². The van der Waals surface area contributed by atoms with Crippen LogP contribution in [0.3, 0.4) is 0 Å². The molecule has 0 saturated carbocycles. The quantitative estimate of drug-likeness (QED) is 0.741. The first-order chi connectivity index (χ1) is 7.64. The molecule has 1 heterocycles. The normalized spacial score (nSPS) is 11.9. The van der Waals surface area contributed by atoms with Gasteiger partial charge in [0.05, 0.1) is 0 Å². The minimum absolute atomic E-state index is 0.198. The van der Waals surface area contributed by atoms with Crippen molar-refractivity contribution in [2.75, 3.05) is 5.73 Å². The fourth-order valence-corrected chi connectivity index (χ4v) is 2.31. The standard InChI is InChI=1S/C13H25N3/c1-4-6-8-13(3,9-7-5-2)11-10-15-16-12(11)14/h10H,4-9H2,1-3H3,(H3,14,15,16). The fourth-order valence-electron chi connectivity index (χ4n) is 2.31. The maximum atomic E-state index is 5.93. The number of nitrogens with zero attached hydrogens (tertiary/aromatic N) is 1. The number of aromatic nitrogens is 2. The molecular formula is C13H25N3. The second kappa shape index (κ2) is 5.92. The van der Waals surface area contributed by atoms with Crippen LogP contribution in [0.15, 0.2) is 6.20 Å². The third kappa shape index (κ3) is 3.00. The first-order valence-electron chi connectivity index (χ1n) is 6.43. The fraction of sp³-hybridized carbons (Fsp3) is 0.769. The number of nitrogens with one attached hydrogen (secondary N) is 1. The molecule has 1 aromatic heterocycles. The molecule has 0 atom stereocenters. The van der Waals surface area contributed by atoms with Gasteiger partial charge in [-0.3, -0.25) is 5.10 Å². The summed E-state index contributed by atoms with van der Waals surface area (Å²) in [6.45, 7) is 6.79. The highest BCUT2D eigenvalue weighted by Crippen LogP contribution is 2.36. The molecule has 0 bridgehead atoms. The van der Waals surface area contributed by atoms with Crippen LogP contribution in [0.5, 0.6) is 0 Å². The molecule has 3 N–H and O–H groups in total. The molecule has 0 aromatic carbocycles. The minimum atomic E-state index is 0.198. The van der Waals surface area contributed by atoms with Gasteiger partial charge in [0.25, 0.3) is 0 Å². The number of hydrogen-bond donors (Lipinski definition) is 2. The van der Waals surface area contributed by atoms with Crippen molar-refractivity contribution >= 4 is 5.82 Å². The molecule has 0 amide bonds. The van der Waals surface area contributed by atoms with Crippen LogP contribution in [-0.2, 0) is 5.41 Å². The van der Waals surface area contributed by atoms with Gasteiger partial charge in [0, 0.05) is 11.8 Å². The van der Waals surface area contributed by atoms with E-state index in [1.807, 2.05) is 6.20 Å². The number of unbranched alkanes of at least 4 members (excludes halogenated alkanes) is 2. The molecule has 3 heteroatoms. The Bertz CT molecular complexity index is 296. The summed E-state index contributed by atoms with van der Waals surface area (Å²) in [6.07, 6.45) is 9.36. The van der Waals surface area contributed by atoms with Crippen molar-refractivity contribution in [2.45, 2.75) is 64.7 Å². The average molecular weight is 223 g/mol. The van der Waals surface area contributed by atoms with Crippen LogP contribution in [0.2, 0.25) is 0 Å². The topological polar surface area (TPSA) is 54.7 Å². The summed E-state index contributed by atoms with van der Waals surface area (Å²) in [5, 5.41) is 6.93. The van der Waals surface area contributed by atoms with Crippen molar-refractivity contribution in [1.82, 2.24) is 10.2 Å². The second-order valence-corrected chi connectivity index (χ2v) is 4.95. The molecule has 0 fully saturated rings. The number of aromatic amines is 1. The van der Waals surface area contributed by atoms with Crippen LogP contribution in [0.25, 0.3) is 0 Å². The van der Waals surface area contributed by atoms with Crippen molar-refractivity contribution in [2.24, 2.45) is 0 Å². The Morgan fingerprint density at radius 2 is 1.81 bits per heavy atom. The molecular weight excluding hydrogens is 198 g/mol. The lowest BCUT2D eigenvalue weighted by Gasteiger charge is -2.29. The van der Waals surface area contributed by atoms with Gasteiger partial charge >= 0.3 is 0 Å². The van der Waals surface area contributed by atoms with E-state index in [1.165, 1.54) is 44.1 Å².